The van der Waals surface area contributed by atoms with E-state index in [1.54, 1.807) is 0 Å². The molecule has 0 saturated carbocycles. The molecule has 0 nitrogen and oxygen atoms in total. The van der Waals surface area contributed by atoms with Crippen molar-refractivity contribution in [3.63, 3.8) is 0 Å². The summed E-state index contributed by atoms with van der Waals surface area (Å²) < 4.78 is 0. The smallest absolute Gasteiger partial charge is 0.0767 e. The first-order valence-electron chi connectivity index (χ1n) is 3.46. The Morgan fingerprint density at radius 1 is 1.62 bits per heavy atom. The van der Waals surface area contributed by atoms with Gasteiger partial charge in [-0.1, -0.05) is 31.5 Å². The third-order valence-electron chi connectivity index (χ3n) is 2.49. The lowest BCUT2D eigenvalue weighted by Gasteiger charge is -2.35. The van der Waals surface area contributed by atoms with Gasteiger partial charge in [-0.15, -0.1) is 12.3 Å². The zero-order valence-electron chi connectivity index (χ0n) is 5.61. The number of hydrogen-bond acceptors (Lipinski definition) is 0. The van der Waals surface area contributed by atoms with Crippen LogP contribution in [-0.4, -0.2) is 8.07 Å². The fraction of sp³-hybridized carbons (Fsp3) is 0.714. The number of rotatable bonds is 2. The van der Waals surface area contributed by atoms with E-state index in [9.17, 15) is 0 Å². The summed E-state index contributed by atoms with van der Waals surface area (Å²) >= 11 is 0. The highest BCUT2D eigenvalue weighted by atomic mass is 28.3. The summed E-state index contributed by atoms with van der Waals surface area (Å²) in [5, 5.41) is 0. The summed E-state index contributed by atoms with van der Waals surface area (Å²) in [5.74, 6) is 0. The Balaban J connectivity index is 2.45. The van der Waals surface area contributed by atoms with Gasteiger partial charge in [0.1, 0.15) is 0 Å². The van der Waals surface area contributed by atoms with E-state index in [1.165, 1.54) is 24.6 Å². The highest BCUT2D eigenvalue weighted by Crippen LogP contribution is 2.35. The first kappa shape index (κ1) is 6.08. The van der Waals surface area contributed by atoms with Crippen molar-refractivity contribution in [3.05, 3.63) is 12.3 Å². The van der Waals surface area contributed by atoms with Gasteiger partial charge in [0.25, 0.3) is 0 Å². The zero-order chi connectivity index (χ0) is 6.04. The molecule has 1 heteroatoms. The molecule has 0 aromatic rings. The predicted molar refractivity (Wildman–Crippen MR) is 40.7 cm³/mol. The Morgan fingerprint density at radius 2 is 2.25 bits per heavy atom. The topological polar surface area (TPSA) is 0 Å². The number of hydrogen-bond donors (Lipinski definition) is 0. The minimum absolute atomic E-state index is 0.727. The molecule has 0 amide bonds. The maximum Gasteiger partial charge on any atom is 0.0767 e. The third kappa shape index (κ3) is 0.751. The molecule has 46 valence electrons. The molecule has 0 aliphatic carbocycles. The van der Waals surface area contributed by atoms with Gasteiger partial charge in [0.15, 0.2) is 0 Å². The van der Waals surface area contributed by atoms with Gasteiger partial charge in [-0.05, 0) is 0 Å². The van der Waals surface area contributed by atoms with Crippen LogP contribution in [0, 0.1) is 0 Å². The molecule has 0 spiro atoms. The molecule has 1 aliphatic heterocycles. The second-order valence-electron chi connectivity index (χ2n) is 2.77. The van der Waals surface area contributed by atoms with Gasteiger partial charge >= 0.3 is 0 Å². The van der Waals surface area contributed by atoms with Gasteiger partial charge in [0.2, 0.25) is 0 Å². The van der Waals surface area contributed by atoms with Crippen LogP contribution in [0.2, 0.25) is 18.1 Å². The molecule has 1 rings (SSSR count). The Morgan fingerprint density at radius 3 is 2.25 bits per heavy atom. The van der Waals surface area contributed by atoms with Crippen LogP contribution >= 0.6 is 0 Å². The average Bonchev–Trinajstić information content (AvgIpc) is 1.67. The van der Waals surface area contributed by atoms with Crippen molar-refractivity contribution < 1.29 is 0 Å². The SMILES string of the molecule is C=C[Si]1(CC)CCC1. The van der Waals surface area contributed by atoms with Gasteiger partial charge in [-0.3, -0.25) is 0 Å². The van der Waals surface area contributed by atoms with E-state index in [0.29, 0.717) is 0 Å². The molecule has 0 bridgehead atoms. The molecule has 8 heavy (non-hydrogen) atoms. The van der Waals surface area contributed by atoms with Crippen molar-refractivity contribution in [2.45, 2.75) is 31.5 Å². The van der Waals surface area contributed by atoms with Crippen LogP contribution in [0.15, 0.2) is 12.3 Å². The summed E-state index contributed by atoms with van der Waals surface area (Å²) in [6.07, 6.45) is 1.48. The Hall–Kier alpha value is -0.0431. The van der Waals surface area contributed by atoms with Crippen molar-refractivity contribution in [1.29, 1.82) is 0 Å². The molecule has 0 unspecified atom stereocenters. The van der Waals surface area contributed by atoms with Crippen molar-refractivity contribution >= 4 is 8.07 Å². The van der Waals surface area contributed by atoms with Crippen LogP contribution in [0.25, 0.3) is 0 Å². The van der Waals surface area contributed by atoms with E-state index in [2.05, 4.69) is 19.2 Å². The second kappa shape index (κ2) is 2.06. The van der Waals surface area contributed by atoms with E-state index in [0.717, 1.165) is 0 Å². The van der Waals surface area contributed by atoms with E-state index in [-0.39, 0.29) is 0 Å². The van der Waals surface area contributed by atoms with E-state index < -0.39 is 8.07 Å². The monoisotopic (exact) mass is 126 g/mol. The van der Waals surface area contributed by atoms with E-state index in [1.807, 2.05) is 0 Å². The van der Waals surface area contributed by atoms with E-state index in [4.69, 9.17) is 0 Å². The fourth-order valence-corrected chi connectivity index (χ4v) is 4.00. The minimum Gasteiger partial charge on any atom is -0.107 e. The summed E-state index contributed by atoms with van der Waals surface area (Å²) in [6.45, 7) is 6.20. The molecule has 1 heterocycles. The lowest BCUT2D eigenvalue weighted by Crippen LogP contribution is -2.38. The largest absolute Gasteiger partial charge is 0.107 e. The highest BCUT2D eigenvalue weighted by molar-refractivity contribution is 6.86. The zero-order valence-corrected chi connectivity index (χ0v) is 6.61. The first-order chi connectivity index (χ1) is 3.83. The molecule has 0 radical (unpaired) electrons. The molecule has 0 aromatic carbocycles. The van der Waals surface area contributed by atoms with Crippen LogP contribution < -0.4 is 0 Å². The van der Waals surface area contributed by atoms with Crippen LogP contribution in [-0.2, 0) is 0 Å². The lowest BCUT2D eigenvalue weighted by molar-refractivity contribution is 0.895. The van der Waals surface area contributed by atoms with Gasteiger partial charge in [0.05, 0.1) is 8.07 Å². The predicted octanol–water partition coefficient (Wildman–Crippen LogP) is 2.58. The van der Waals surface area contributed by atoms with Crippen LogP contribution in [0.1, 0.15) is 13.3 Å². The minimum atomic E-state index is -0.727. The molecule has 1 fully saturated rings. The summed E-state index contributed by atoms with van der Waals surface area (Å²) in [5.41, 5.74) is 2.27. The van der Waals surface area contributed by atoms with Crippen molar-refractivity contribution in [1.82, 2.24) is 0 Å². The quantitative estimate of drug-likeness (QED) is 0.499. The molecular weight excluding hydrogens is 112 g/mol. The van der Waals surface area contributed by atoms with Crippen LogP contribution in [0.3, 0.4) is 0 Å². The van der Waals surface area contributed by atoms with Gasteiger partial charge in [-0.2, -0.15) is 0 Å². The second-order valence-corrected chi connectivity index (χ2v) is 7.61. The van der Waals surface area contributed by atoms with Crippen LogP contribution in [0.5, 0.6) is 0 Å². The summed E-state index contributed by atoms with van der Waals surface area (Å²) in [4.78, 5) is 0. The maximum atomic E-state index is 3.89. The van der Waals surface area contributed by atoms with Gasteiger partial charge in [-0.25, -0.2) is 0 Å². The molecular formula is C7H14Si. The lowest BCUT2D eigenvalue weighted by atomic mass is 10.5. The van der Waals surface area contributed by atoms with E-state index >= 15 is 0 Å². The molecule has 0 N–H and O–H groups in total. The van der Waals surface area contributed by atoms with Crippen molar-refractivity contribution in [2.24, 2.45) is 0 Å². The van der Waals surface area contributed by atoms with Gasteiger partial charge < -0.3 is 0 Å². The molecule has 1 aliphatic rings. The van der Waals surface area contributed by atoms with Crippen LogP contribution in [0.4, 0.5) is 0 Å². The molecule has 0 atom stereocenters. The maximum absolute atomic E-state index is 3.89. The fourth-order valence-electron chi connectivity index (χ4n) is 1.33. The molecule has 0 aromatic heterocycles. The Bertz CT molecular complexity index is 87.1. The summed E-state index contributed by atoms with van der Waals surface area (Å²) in [7, 11) is -0.727. The van der Waals surface area contributed by atoms with Crippen molar-refractivity contribution in [3.8, 4) is 0 Å². The normalized spacial score (nSPS) is 24.1. The summed E-state index contributed by atoms with van der Waals surface area (Å²) in [6, 6.07) is 4.47. The van der Waals surface area contributed by atoms with Crippen molar-refractivity contribution in [2.75, 3.05) is 0 Å². The highest BCUT2D eigenvalue weighted by Gasteiger charge is 2.33. The first-order valence-corrected chi connectivity index (χ1v) is 6.16. The Labute approximate surface area is 52.6 Å². The van der Waals surface area contributed by atoms with Gasteiger partial charge in [0, 0.05) is 0 Å². The Kier molecular flexibility index (Phi) is 1.56. The molecule has 1 saturated heterocycles. The third-order valence-corrected chi connectivity index (χ3v) is 7.46. The standard InChI is InChI=1S/C7H14Si/c1-3-8(4-2)6-5-7-8/h3H,1,4-7H2,2H3. The average molecular weight is 126 g/mol.